The van der Waals surface area contributed by atoms with E-state index in [1.807, 2.05) is 6.92 Å². The van der Waals surface area contributed by atoms with E-state index >= 15 is 0 Å². The Morgan fingerprint density at radius 2 is 2.20 bits per heavy atom. The molecular formula is C6H11BrN2S. The molecule has 0 saturated heterocycles. The molecule has 1 aromatic rings. The van der Waals surface area contributed by atoms with Gasteiger partial charge in [-0.3, -0.25) is 0 Å². The third-order valence-electron chi connectivity index (χ3n) is 1.24. The summed E-state index contributed by atoms with van der Waals surface area (Å²) < 4.78 is 0. The first-order chi connectivity index (χ1) is 4.24. The van der Waals surface area contributed by atoms with Crippen LogP contribution in [0.5, 0.6) is 0 Å². The Bertz CT molecular complexity index is 210. The van der Waals surface area contributed by atoms with Gasteiger partial charge in [-0.1, -0.05) is 6.92 Å². The molecule has 0 fully saturated rings. The summed E-state index contributed by atoms with van der Waals surface area (Å²) in [6, 6.07) is 0. The van der Waals surface area contributed by atoms with Gasteiger partial charge in [0.05, 0.1) is 5.69 Å². The van der Waals surface area contributed by atoms with Crippen molar-refractivity contribution in [3.05, 3.63) is 10.6 Å². The average Bonchev–Trinajstić information content (AvgIpc) is 2.10. The van der Waals surface area contributed by atoms with Crippen LogP contribution in [0.1, 0.15) is 17.5 Å². The van der Waals surface area contributed by atoms with Gasteiger partial charge in [-0.25, -0.2) is 4.98 Å². The van der Waals surface area contributed by atoms with Crippen molar-refractivity contribution in [3.8, 4) is 0 Å². The molecule has 0 bridgehead atoms. The summed E-state index contributed by atoms with van der Waals surface area (Å²) >= 11 is 1.56. The fraction of sp³-hybridized carbons (Fsp3) is 0.500. The van der Waals surface area contributed by atoms with Crippen molar-refractivity contribution in [3.63, 3.8) is 0 Å². The van der Waals surface area contributed by atoms with Crippen molar-refractivity contribution in [2.24, 2.45) is 0 Å². The van der Waals surface area contributed by atoms with Gasteiger partial charge in [0.1, 0.15) is 0 Å². The molecule has 2 nitrogen and oxygen atoms in total. The third-order valence-corrected chi connectivity index (χ3v) is 2.09. The number of anilines is 1. The Morgan fingerprint density at radius 3 is 2.40 bits per heavy atom. The molecule has 0 aliphatic heterocycles. The Hall–Kier alpha value is -0.0900. The van der Waals surface area contributed by atoms with Crippen molar-refractivity contribution in [1.29, 1.82) is 0 Å². The van der Waals surface area contributed by atoms with Crippen molar-refractivity contribution in [1.82, 2.24) is 4.98 Å². The highest BCUT2D eigenvalue weighted by atomic mass is 79.9. The summed E-state index contributed by atoms with van der Waals surface area (Å²) in [7, 11) is 0. The number of hydrogen-bond acceptors (Lipinski definition) is 3. The maximum atomic E-state index is 5.46. The van der Waals surface area contributed by atoms with Crippen LogP contribution in [0, 0.1) is 6.92 Å². The summed E-state index contributed by atoms with van der Waals surface area (Å²) in [6.07, 6.45) is 0.986. The average molecular weight is 223 g/mol. The Kier molecular flexibility index (Phi) is 3.89. The number of thiazole rings is 1. The van der Waals surface area contributed by atoms with Crippen LogP contribution in [-0.4, -0.2) is 4.98 Å². The van der Waals surface area contributed by atoms with Gasteiger partial charge in [-0.05, 0) is 13.3 Å². The van der Waals surface area contributed by atoms with Crippen LogP contribution in [0.25, 0.3) is 0 Å². The van der Waals surface area contributed by atoms with Gasteiger partial charge in [-0.2, -0.15) is 0 Å². The van der Waals surface area contributed by atoms with Crippen LogP contribution in [0.4, 0.5) is 5.13 Å². The van der Waals surface area contributed by atoms with Crippen LogP contribution < -0.4 is 5.73 Å². The fourth-order valence-electron chi connectivity index (χ4n) is 0.778. The van der Waals surface area contributed by atoms with E-state index in [0.717, 1.165) is 12.1 Å². The largest absolute Gasteiger partial charge is 0.375 e. The molecule has 0 aromatic carbocycles. The zero-order chi connectivity index (χ0) is 6.85. The summed E-state index contributed by atoms with van der Waals surface area (Å²) in [5, 5.41) is 0.685. The second-order valence-electron chi connectivity index (χ2n) is 1.91. The van der Waals surface area contributed by atoms with Crippen molar-refractivity contribution < 1.29 is 0 Å². The lowest BCUT2D eigenvalue weighted by atomic mass is 10.3. The zero-order valence-corrected chi connectivity index (χ0v) is 8.58. The monoisotopic (exact) mass is 222 g/mol. The predicted octanol–water partition coefficient (Wildman–Crippen LogP) is 2.17. The summed E-state index contributed by atoms with van der Waals surface area (Å²) in [5.41, 5.74) is 6.60. The first-order valence-corrected chi connectivity index (χ1v) is 3.77. The number of nitrogens with zero attached hydrogens (tertiary/aromatic N) is 1. The van der Waals surface area contributed by atoms with E-state index in [1.165, 1.54) is 4.88 Å². The van der Waals surface area contributed by atoms with Crippen molar-refractivity contribution >= 4 is 33.4 Å². The number of halogens is 1. The minimum absolute atomic E-state index is 0. The van der Waals surface area contributed by atoms with Crippen LogP contribution in [0.15, 0.2) is 0 Å². The van der Waals surface area contributed by atoms with E-state index in [2.05, 4.69) is 11.9 Å². The molecule has 1 rings (SSSR count). The molecule has 0 spiro atoms. The molecule has 4 heteroatoms. The predicted molar refractivity (Wildman–Crippen MR) is 51.0 cm³/mol. The number of nitrogens with two attached hydrogens (primary N) is 1. The quantitative estimate of drug-likeness (QED) is 0.792. The molecule has 2 N–H and O–H groups in total. The molecule has 58 valence electrons. The molecule has 0 aliphatic rings. The minimum atomic E-state index is 0. The fourth-order valence-corrected chi connectivity index (χ4v) is 1.56. The molecule has 1 aromatic heterocycles. The van der Waals surface area contributed by atoms with Gasteiger partial charge in [0, 0.05) is 4.88 Å². The van der Waals surface area contributed by atoms with Crippen LogP contribution in [0.2, 0.25) is 0 Å². The number of aromatic nitrogens is 1. The Morgan fingerprint density at radius 1 is 1.60 bits per heavy atom. The standard InChI is InChI=1S/C6H10N2S.BrH/c1-3-5-4(2)9-6(7)8-5;/h3H2,1-2H3,(H2,7,8);1H. The summed E-state index contributed by atoms with van der Waals surface area (Å²) in [6.45, 7) is 4.13. The second-order valence-corrected chi connectivity index (χ2v) is 3.14. The SMILES string of the molecule is Br.CCc1nc(N)sc1C. The van der Waals surface area contributed by atoms with Gasteiger partial charge in [0.15, 0.2) is 5.13 Å². The molecular weight excluding hydrogens is 212 g/mol. The highest BCUT2D eigenvalue weighted by Crippen LogP contribution is 2.18. The second kappa shape index (κ2) is 3.93. The molecule has 10 heavy (non-hydrogen) atoms. The van der Waals surface area contributed by atoms with Gasteiger partial charge in [0.25, 0.3) is 0 Å². The van der Waals surface area contributed by atoms with Crippen molar-refractivity contribution in [2.75, 3.05) is 5.73 Å². The highest BCUT2D eigenvalue weighted by molar-refractivity contribution is 8.93. The molecule has 0 saturated carbocycles. The molecule has 0 unspecified atom stereocenters. The van der Waals surface area contributed by atoms with E-state index in [0.29, 0.717) is 5.13 Å². The molecule has 0 aliphatic carbocycles. The lowest BCUT2D eigenvalue weighted by Crippen LogP contribution is -1.84. The number of nitrogen functional groups attached to an aromatic ring is 1. The van der Waals surface area contributed by atoms with E-state index in [-0.39, 0.29) is 17.0 Å². The van der Waals surface area contributed by atoms with Gasteiger partial charge in [0.2, 0.25) is 0 Å². The molecule has 0 atom stereocenters. The van der Waals surface area contributed by atoms with Crippen LogP contribution in [0.3, 0.4) is 0 Å². The first-order valence-electron chi connectivity index (χ1n) is 2.95. The normalized spacial score (nSPS) is 9.00. The lowest BCUT2D eigenvalue weighted by molar-refractivity contribution is 1.05. The van der Waals surface area contributed by atoms with Gasteiger partial charge < -0.3 is 5.73 Å². The smallest absolute Gasteiger partial charge is 0.180 e. The van der Waals surface area contributed by atoms with E-state index in [9.17, 15) is 0 Å². The first kappa shape index (κ1) is 9.91. The van der Waals surface area contributed by atoms with E-state index in [1.54, 1.807) is 11.3 Å². The maximum absolute atomic E-state index is 5.46. The highest BCUT2D eigenvalue weighted by Gasteiger charge is 2.00. The maximum Gasteiger partial charge on any atom is 0.180 e. The topological polar surface area (TPSA) is 38.9 Å². The van der Waals surface area contributed by atoms with E-state index in [4.69, 9.17) is 5.73 Å². The zero-order valence-electron chi connectivity index (χ0n) is 6.05. The Labute approximate surface area is 75.2 Å². The lowest BCUT2D eigenvalue weighted by Gasteiger charge is -1.85. The third kappa shape index (κ3) is 1.95. The van der Waals surface area contributed by atoms with Crippen LogP contribution >= 0.6 is 28.3 Å². The summed E-state index contributed by atoms with van der Waals surface area (Å²) in [4.78, 5) is 5.37. The van der Waals surface area contributed by atoms with Gasteiger partial charge in [-0.15, -0.1) is 28.3 Å². The molecule has 1 heterocycles. The van der Waals surface area contributed by atoms with Gasteiger partial charge >= 0.3 is 0 Å². The minimum Gasteiger partial charge on any atom is -0.375 e. The number of hydrogen-bond donors (Lipinski definition) is 1. The Balaban J connectivity index is 0.000000810. The summed E-state index contributed by atoms with van der Waals surface area (Å²) in [5.74, 6) is 0. The van der Waals surface area contributed by atoms with Crippen molar-refractivity contribution in [2.45, 2.75) is 20.3 Å². The molecule has 0 amide bonds. The van der Waals surface area contributed by atoms with E-state index < -0.39 is 0 Å². The number of aryl methyl sites for hydroxylation is 2. The number of rotatable bonds is 1. The molecule has 0 radical (unpaired) electrons. The van der Waals surface area contributed by atoms with Crippen LogP contribution in [-0.2, 0) is 6.42 Å².